The van der Waals surface area contributed by atoms with E-state index in [9.17, 15) is 14.0 Å². The highest BCUT2D eigenvalue weighted by molar-refractivity contribution is 7.22. The number of esters is 2. The minimum absolute atomic E-state index is 0.109. The van der Waals surface area contributed by atoms with Crippen molar-refractivity contribution >= 4 is 44.8 Å². The number of halogens is 2. The molecule has 8 nitrogen and oxygen atoms in total. The highest BCUT2D eigenvalue weighted by Crippen LogP contribution is 2.31. The number of ether oxygens (including phenoxy) is 3. The van der Waals surface area contributed by atoms with Crippen LogP contribution >= 0.6 is 11.3 Å². The zero-order chi connectivity index (χ0) is 36.3. The molecule has 0 bridgehead atoms. The Balaban J connectivity index is 1.33. The van der Waals surface area contributed by atoms with Crippen LogP contribution in [0.3, 0.4) is 0 Å². The first kappa shape index (κ1) is 36.9. The number of nitrogens with zero attached hydrogens (tertiary/aromatic N) is 3. The molecule has 0 spiro atoms. The van der Waals surface area contributed by atoms with Gasteiger partial charge in [0.1, 0.15) is 11.6 Å². The summed E-state index contributed by atoms with van der Waals surface area (Å²) in [7, 11) is 1.73. The zero-order valence-electron chi connectivity index (χ0n) is 28.8. The molecule has 5 rings (SSSR count). The summed E-state index contributed by atoms with van der Waals surface area (Å²) in [6.07, 6.45) is 3.54. The number of thiazole rings is 1. The lowest BCUT2D eigenvalue weighted by Crippen LogP contribution is -2.12. The van der Waals surface area contributed by atoms with Crippen molar-refractivity contribution in [3.63, 3.8) is 0 Å². The molecule has 4 aromatic carbocycles. The summed E-state index contributed by atoms with van der Waals surface area (Å²) in [6, 6.07) is 22.7. The number of hydrazone groups is 1. The lowest BCUT2D eigenvalue weighted by atomic mass is 9.96. The van der Waals surface area contributed by atoms with Crippen LogP contribution in [0.5, 0.6) is 11.5 Å². The molecule has 0 unspecified atom stereocenters. The van der Waals surface area contributed by atoms with Crippen molar-refractivity contribution in [2.75, 3.05) is 25.3 Å². The fourth-order valence-corrected chi connectivity index (χ4v) is 6.04. The lowest BCUT2D eigenvalue weighted by Gasteiger charge is -2.14. The monoisotopic (exact) mass is 711 g/mol. The predicted molar refractivity (Wildman–Crippen MR) is 198 cm³/mol. The second-order valence-electron chi connectivity index (χ2n) is 11.9. The molecule has 0 radical (unpaired) electrons. The van der Waals surface area contributed by atoms with E-state index in [1.807, 2.05) is 31.2 Å². The first-order valence-corrected chi connectivity index (χ1v) is 17.4. The maximum Gasteiger partial charge on any atom is 0.333 e. The molecule has 0 fully saturated rings. The lowest BCUT2D eigenvalue weighted by molar-refractivity contribution is -0.139. The third-order valence-electron chi connectivity index (χ3n) is 7.85. The molecule has 51 heavy (non-hydrogen) atoms. The smallest absolute Gasteiger partial charge is 0.333 e. The summed E-state index contributed by atoms with van der Waals surface area (Å²) in [5.41, 5.74) is 3.67. The average molecular weight is 712 g/mol. The van der Waals surface area contributed by atoms with Gasteiger partial charge < -0.3 is 14.2 Å². The average Bonchev–Trinajstić information content (AvgIpc) is 3.56. The van der Waals surface area contributed by atoms with Gasteiger partial charge in [0.2, 0.25) is 5.13 Å². The molecule has 0 N–H and O–H groups in total. The van der Waals surface area contributed by atoms with Crippen molar-refractivity contribution in [1.29, 1.82) is 0 Å². The van der Waals surface area contributed by atoms with Gasteiger partial charge in [-0.2, -0.15) is 5.10 Å². The molecular weight excluding hydrogens is 673 g/mol. The largest absolute Gasteiger partial charge is 0.493 e. The summed E-state index contributed by atoms with van der Waals surface area (Å²) in [5, 5.41) is 6.73. The van der Waals surface area contributed by atoms with Gasteiger partial charge in [-0.05, 0) is 72.9 Å². The maximum absolute atomic E-state index is 16.4. The van der Waals surface area contributed by atoms with Crippen LogP contribution in [0.1, 0.15) is 49.8 Å². The summed E-state index contributed by atoms with van der Waals surface area (Å²) in [5.74, 6) is -1.76. The van der Waals surface area contributed by atoms with Gasteiger partial charge in [0.15, 0.2) is 11.6 Å². The highest BCUT2D eigenvalue weighted by atomic mass is 32.1. The van der Waals surface area contributed by atoms with Crippen LogP contribution in [0.25, 0.3) is 21.3 Å². The third-order valence-corrected chi connectivity index (χ3v) is 8.95. The van der Waals surface area contributed by atoms with Crippen LogP contribution in [0.2, 0.25) is 0 Å². The van der Waals surface area contributed by atoms with E-state index in [2.05, 4.69) is 16.7 Å². The van der Waals surface area contributed by atoms with Gasteiger partial charge in [-0.3, -0.25) is 4.79 Å². The number of rotatable bonds is 16. The van der Waals surface area contributed by atoms with Gasteiger partial charge in [-0.25, -0.2) is 23.6 Å². The van der Waals surface area contributed by atoms with E-state index >= 15 is 4.39 Å². The van der Waals surface area contributed by atoms with Crippen LogP contribution in [-0.2, 0) is 27.2 Å². The molecule has 5 aromatic rings. The zero-order valence-corrected chi connectivity index (χ0v) is 29.6. The van der Waals surface area contributed by atoms with Crippen molar-refractivity contribution in [3.8, 4) is 22.6 Å². The SMILES string of the molecule is C=C(C)C(=O)OCCCOc1ccc(-c2ccc(CCC(=O)Oc3ccc(CCC)cc3F)c(/C=N/N(C)c3nc4ccccc4s3)c2F)cc1. The number of aryl methyl sites for hydroxylation is 2. The number of carbonyl (C=O) groups is 2. The van der Waals surface area contributed by atoms with E-state index in [0.29, 0.717) is 46.2 Å². The molecule has 0 aliphatic rings. The van der Waals surface area contributed by atoms with Gasteiger partial charge in [0.05, 0.1) is 36.1 Å². The van der Waals surface area contributed by atoms with Crippen molar-refractivity contribution in [2.24, 2.45) is 5.10 Å². The molecule has 0 atom stereocenters. The Morgan fingerprint density at radius 2 is 1.78 bits per heavy atom. The Bertz CT molecular complexity index is 2010. The standard InChI is InChI=1S/C40H39F2N3O5S/c1-5-9-27-12-20-35(33(41)24-27)50-37(46)21-16-29-15-19-31(28-13-17-30(18-14-28)48-22-8-23-49-39(47)26(2)3)38(42)32(29)25-43-45(4)40-44-34-10-6-7-11-36(34)51-40/h6-7,10-15,17-20,24-25H,2,5,8-9,16,21-23H2,1,3-4H3/b43-25+. The van der Waals surface area contributed by atoms with Crippen LogP contribution in [-0.4, -0.2) is 43.4 Å². The third kappa shape index (κ3) is 9.85. The normalized spacial score (nSPS) is 11.2. The first-order valence-electron chi connectivity index (χ1n) is 16.6. The van der Waals surface area contributed by atoms with E-state index in [-0.39, 0.29) is 30.8 Å². The molecule has 0 aliphatic heterocycles. The van der Waals surface area contributed by atoms with Crippen molar-refractivity contribution < 1.29 is 32.6 Å². The first-order chi connectivity index (χ1) is 24.6. The van der Waals surface area contributed by atoms with Gasteiger partial charge in [-0.1, -0.05) is 73.7 Å². The van der Waals surface area contributed by atoms with E-state index in [4.69, 9.17) is 14.2 Å². The van der Waals surface area contributed by atoms with Crippen molar-refractivity contribution in [2.45, 2.75) is 46.0 Å². The van der Waals surface area contributed by atoms with Gasteiger partial charge in [0, 0.05) is 30.2 Å². The molecule has 0 saturated heterocycles. The summed E-state index contributed by atoms with van der Waals surface area (Å²) >= 11 is 1.46. The molecule has 1 heterocycles. The number of aromatic nitrogens is 1. The summed E-state index contributed by atoms with van der Waals surface area (Å²) in [6.45, 7) is 7.68. The topological polar surface area (TPSA) is 90.3 Å². The fourth-order valence-electron chi connectivity index (χ4n) is 5.16. The Hall–Kier alpha value is -5.42. The van der Waals surface area contributed by atoms with Crippen LogP contribution in [0, 0.1) is 11.6 Å². The van der Waals surface area contributed by atoms with Crippen LogP contribution in [0.15, 0.2) is 96.1 Å². The number of para-hydroxylation sites is 1. The minimum atomic E-state index is -0.638. The van der Waals surface area contributed by atoms with Crippen molar-refractivity contribution in [1.82, 2.24) is 4.98 Å². The molecule has 1 aromatic heterocycles. The number of benzene rings is 4. The highest BCUT2D eigenvalue weighted by Gasteiger charge is 2.17. The quantitative estimate of drug-likeness (QED) is 0.0252. The Labute approximate surface area is 300 Å². The number of hydrogen-bond donors (Lipinski definition) is 0. The molecule has 264 valence electrons. The summed E-state index contributed by atoms with van der Waals surface area (Å²) < 4.78 is 48.2. The predicted octanol–water partition coefficient (Wildman–Crippen LogP) is 9.09. The van der Waals surface area contributed by atoms with Crippen LogP contribution in [0.4, 0.5) is 13.9 Å². The Morgan fingerprint density at radius 1 is 1.00 bits per heavy atom. The van der Waals surface area contributed by atoms with Crippen molar-refractivity contribution in [3.05, 3.63) is 119 Å². The Kier molecular flexibility index (Phi) is 12.6. The number of hydrogen-bond acceptors (Lipinski definition) is 9. The number of fused-ring (bicyclic) bond motifs is 1. The minimum Gasteiger partial charge on any atom is -0.493 e. The molecule has 0 saturated carbocycles. The van der Waals surface area contributed by atoms with Gasteiger partial charge in [0.25, 0.3) is 0 Å². The molecular formula is C40H39F2N3O5S. The molecule has 0 amide bonds. The van der Waals surface area contributed by atoms with Crippen LogP contribution < -0.4 is 14.5 Å². The van der Waals surface area contributed by atoms with Gasteiger partial charge in [-0.15, -0.1) is 0 Å². The second-order valence-corrected chi connectivity index (χ2v) is 12.9. The van der Waals surface area contributed by atoms with E-state index in [1.54, 1.807) is 61.4 Å². The Morgan fingerprint density at radius 3 is 2.51 bits per heavy atom. The maximum atomic E-state index is 16.4. The van der Waals surface area contributed by atoms with E-state index in [1.165, 1.54) is 29.7 Å². The number of carbonyl (C=O) groups excluding carboxylic acids is 2. The van der Waals surface area contributed by atoms with E-state index in [0.717, 1.165) is 28.6 Å². The van der Waals surface area contributed by atoms with E-state index < -0.39 is 23.6 Å². The van der Waals surface area contributed by atoms with Gasteiger partial charge >= 0.3 is 11.9 Å². The second kappa shape index (κ2) is 17.5. The molecule has 0 aliphatic carbocycles. The molecule has 11 heteroatoms. The summed E-state index contributed by atoms with van der Waals surface area (Å²) in [4.78, 5) is 28.9. The fraction of sp³-hybridized carbons (Fsp3) is 0.250. The number of anilines is 1.